The predicted molar refractivity (Wildman–Crippen MR) is 85.2 cm³/mol. The Balaban J connectivity index is 1.75. The Morgan fingerprint density at radius 3 is 2.65 bits per heavy atom. The highest BCUT2D eigenvalue weighted by molar-refractivity contribution is 7.03. The van der Waals surface area contributed by atoms with Gasteiger partial charge in [-0.25, -0.2) is 9.38 Å². The zero-order valence-electron chi connectivity index (χ0n) is 11.5. The summed E-state index contributed by atoms with van der Waals surface area (Å²) in [4.78, 5) is 9.09. The van der Waals surface area contributed by atoms with Crippen LogP contribution < -0.4 is 4.80 Å². The molecule has 2 aromatic heterocycles. The van der Waals surface area contributed by atoms with Gasteiger partial charge in [-0.2, -0.15) is 4.98 Å². The van der Waals surface area contributed by atoms with Gasteiger partial charge in [0.2, 0.25) is 4.80 Å². The molecule has 0 saturated heterocycles. The van der Waals surface area contributed by atoms with Crippen LogP contribution in [0.25, 0.3) is 17.3 Å². The maximum atomic E-state index is 13.8. The third kappa shape index (κ3) is 2.76. The lowest BCUT2D eigenvalue weighted by atomic mass is 10.2. The molecule has 0 aliphatic heterocycles. The van der Waals surface area contributed by atoms with E-state index in [1.54, 1.807) is 42.5 Å². The van der Waals surface area contributed by atoms with Crippen LogP contribution in [-0.2, 0) is 0 Å². The van der Waals surface area contributed by atoms with Crippen LogP contribution in [0.1, 0.15) is 0 Å². The first-order chi connectivity index (χ1) is 11.2. The highest BCUT2D eigenvalue weighted by Gasteiger charge is 2.13. The number of hydrogen-bond acceptors (Lipinski definition) is 5. The third-order valence-corrected chi connectivity index (χ3v) is 4.06. The summed E-state index contributed by atoms with van der Waals surface area (Å²) >= 11 is 7.03. The topological polar surface area (TPSA) is 55.7 Å². The molecule has 0 aliphatic carbocycles. The molecule has 5 nitrogen and oxygen atoms in total. The number of fused-ring (bicyclic) bond motifs is 1. The summed E-state index contributed by atoms with van der Waals surface area (Å²) in [6.45, 7) is 0. The normalized spacial score (nSPS) is 12.2. The van der Waals surface area contributed by atoms with Crippen molar-refractivity contribution in [2.45, 2.75) is 0 Å². The number of nitrogens with zero attached hydrogens (tertiary/aromatic N) is 4. The largest absolute Gasteiger partial charge is 0.402 e. The Morgan fingerprint density at radius 2 is 1.91 bits per heavy atom. The van der Waals surface area contributed by atoms with Crippen LogP contribution in [-0.4, -0.2) is 14.0 Å². The fraction of sp³-hybridized carbons (Fsp3) is 0. The first-order valence-electron chi connectivity index (χ1n) is 6.61. The summed E-state index contributed by atoms with van der Waals surface area (Å²) in [6, 6.07) is 13.4. The molecule has 0 bridgehead atoms. The molecule has 2 aromatic carbocycles. The molecule has 0 aliphatic rings. The summed E-state index contributed by atoms with van der Waals surface area (Å²) in [5.74, 6) is 0.0499. The van der Waals surface area contributed by atoms with E-state index in [1.165, 1.54) is 21.5 Å². The molecule has 114 valence electrons. The predicted octanol–water partition coefficient (Wildman–Crippen LogP) is 4.08. The van der Waals surface area contributed by atoms with Gasteiger partial charge in [-0.1, -0.05) is 23.7 Å². The van der Waals surface area contributed by atoms with Crippen molar-refractivity contribution >= 4 is 34.7 Å². The van der Waals surface area contributed by atoms with Crippen molar-refractivity contribution in [3.8, 4) is 11.5 Å². The van der Waals surface area contributed by atoms with E-state index >= 15 is 0 Å². The van der Waals surface area contributed by atoms with Crippen molar-refractivity contribution in [1.29, 1.82) is 0 Å². The quantitative estimate of drug-likeness (QED) is 0.549. The Bertz CT molecular complexity index is 1020. The van der Waals surface area contributed by atoms with Gasteiger partial charge in [-0.15, -0.1) is 9.00 Å². The highest BCUT2D eigenvalue weighted by atomic mass is 35.5. The van der Waals surface area contributed by atoms with Crippen LogP contribution in [0.4, 0.5) is 10.1 Å². The molecule has 4 rings (SSSR count). The zero-order valence-corrected chi connectivity index (χ0v) is 13.1. The van der Waals surface area contributed by atoms with E-state index in [2.05, 4.69) is 15.1 Å². The smallest absolute Gasteiger partial charge is 0.337 e. The molecule has 2 heterocycles. The molecule has 0 amide bonds. The Hall–Kier alpha value is -2.51. The van der Waals surface area contributed by atoms with Crippen LogP contribution in [0.3, 0.4) is 0 Å². The lowest BCUT2D eigenvalue weighted by Gasteiger charge is -1.94. The van der Waals surface area contributed by atoms with Crippen molar-refractivity contribution in [2.75, 3.05) is 0 Å². The minimum atomic E-state index is -0.395. The molecule has 23 heavy (non-hydrogen) atoms. The average molecular weight is 347 g/mol. The van der Waals surface area contributed by atoms with Gasteiger partial charge < -0.3 is 4.42 Å². The Labute approximate surface area is 138 Å². The van der Waals surface area contributed by atoms with Gasteiger partial charge in [-0.3, -0.25) is 0 Å². The monoisotopic (exact) mass is 346 g/mol. The first-order valence-corrected chi connectivity index (χ1v) is 7.76. The summed E-state index contributed by atoms with van der Waals surface area (Å²) in [7, 11) is 0. The Morgan fingerprint density at radius 1 is 1.13 bits per heavy atom. The van der Waals surface area contributed by atoms with E-state index in [1.807, 2.05) is 0 Å². The lowest BCUT2D eigenvalue weighted by Crippen LogP contribution is -1.95. The summed E-state index contributed by atoms with van der Waals surface area (Å²) in [5, 5.41) is 4.85. The van der Waals surface area contributed by atoms with Gasteiger partial charge >= 0.3 is 5.84 Å². The van der Waals surface area contributed by atoms with Crippen molar-refractivity contribution in [3.63, 3.8) is 0 Å². The van der Waals surface area contributed by atoms with Crippen molar-refractivity contribution in [1.82, 2.24) is 14.0 Å². The molecular formula is C15H8ClFN4OS. The lowest BCUT2D eigenvalue weighted by molar-refractivity contribution is 0.585. The van der Waals surface area contributed by atoms with Crippen LogP contribution in [0.2, 0.25) is 5.02 Å². The van der Waals surface area contributed by atoms with Crippen LogP contribution in [0.15, 0.2) is 57.9 Å². The minimum Gasteiger partial charge on any atom is -0.402 e. The van der Waals surface area contributed by atoms with Crippen LogP contribution in [0, 0.1) is 5.82 Å². The molecule has 0 fully saturated rings. The maximum absolute atomic E-state index is 13.8. The number of halogens is 2. The number of aromatic nitrogens is 3. The summed E-state index contributed by atoms with van der Waals surface area (Å²) in [5.41, 5.74) is 1.02. The van der Waals surface area contributed by atoms with Crippen LogP contribution in [0.5, 0.6) is 0 Å². The molecule has 0 saturated carbocycles. The molecule has 8 heteroatoms. The average Bonchev–Trinajstić information content (AvgIpc) is 3.08. The summed E-state index contributed by atoms with van der Waals surface area (Å²) < 4.78 is 20.7. The second kappa shape index (κ2) is 5.60. The molecule has 0 atom stereocenters. The zero-order chi connectivity index (χ0) is 15.8. The van der Waals surface area contributed by atoms with E-state index in [4.69, 9.17) is 16.0 Å². The van der Waals surface area contributed by atoms with Crippen molar-refractivity contribution in [2.24, 2.45) is 4.99 Å². The molecule has 4 aromatic rings. The van der Waals surface area contributed by atoms with Gasteiger partial charge in [0.05, 0.1) is 11.3 Å². The second-order valence-corrected chi connectivity index (χ2v) is 5.95. The van der Waals surface area contributed by atoms with E-state index in [0.717, 1.165) is 5.69 Å². The summed E-state index contributed by atoms with van der Waals surface area (Å²) in [6.07, 6.45) is 0. The molecule has 0 radical (unpaired) electrons. The SMILES string of the molecule is Fc1ccccc1-c1nn2sc(=Nc3ccc(Cl)cc3)nc2o1. The Kier molecular flexibility index (Phi) is 3.44. The first kappa shape index (κ1) is 14.1. The highest BCUT2D eigenvalue weighted by Crippen LogP contribution is 2.22. The van der Waals surface area contributed by atoms with E-state index in [-0.39, 0.29) is 11.7 Å². The fourth-order valence-corrected chi connectivity index (χ4v) is 2.81. The van der Waals surface area contributed by atoms with Gasteiger partial charge in [0, 0.05) is 16.6 Å². The molecule has 0 unspecified atom stereocenters. The van der Waals surface area contributed by atoms with Crippen molar-refractivity contribution in [3.05, 3.63) is 64.2 Å². The molecule has 0 spiro atoms. The standard InChI is InChI=1S/C15H8ClFN4OS/c16-9-5-7-10(8-6-9)18-14-19-15-21(23-14)20-13(22-15)11-3-1-2-4-12(11)17/h1-8H. The van der Waals surface area contributed by atoms with Gasteiger partial charge in [0.15, 0.2) is 0 Å². The number of rotatable bonds is 2. The molecular weight excluding hydrogens is 339 g/mol. The van der Waals surface area contributed by atoms with E-state index in [0.29, 0.717) is 15.4 Å². The fourth-order valence-electron chi connectivity index (χ4n) is 1.99. The van der Waals surface area contributed by atoms with Crippen LogP contribution >= 0.6 is 23.1 Å². The number of hydrogen-bond donors (Lipinski definition) is 0. The molecule has 0 N–H and O–H groups in total. The van der Waals surface area contributed by atoms with E-state index in [9.17, 15) is 4.39 Å². The van der Waals surface area contributed by atoms with Crippen molar-refractivity contribution < 1.29 is 8.81 Å². The van der Waals surface area contributed by atoms with Gasteiger partial charge in [0.1, 0.15) is 5.82 Å². The minimum absolute atomic E-state index is 0.180. The number of benzene rings is 2. The second-order valence-electron chi connectivity index (χ2n) is 4.62. The third-order valence-electron chi connectivity index (χ3n) is 3.05. The maximum Gasteiger partial charge on any atom is 0.337 e. The van der Waals surface area contributed by atoms with Gasteiger partial charge in [-0.05, 0) is 36.4 Å². The van der Waals surface area contributed by atoms with Gasteiger partial charge in [0.25, 0.3) is 5.89 Å². The van der Waals surface area contributed by atoms with E-state index < -0.39 is 5.82 Å².